The second-order valence-corrected chi connectivity index (χ2v) is 12.8. The first-order valence-electron chi connectivity index (χ1n) is 15.1. The van der Waals surface area contributed by atoms with Gasteiger partial charge in [0.25, 0.3) is 5.69 Å². The Kier molecular flexibility index (Phi) is 6.66. The van der Waals surface area contributed by atoms with E-state index < -0.39 is 39.4 Å². The molecule has 230 valence electrons. The monoisotopic (exact) mass is 612 g/mol. The average molecular weight is 613 g/mol. The van der Waals surface area contributed by atoms with E-state index in [9.17, 15) is 19.7 Å². The lowest BCUT2D eigenvalue weighted by atomic mass is 9.77. The molecule has 1 aliphatic carbocycles. The van der Waals surface area contributed by atoms with Crippen molar-refractivity contribution >= 4 is 23.4 Å². The van der Waals surface area contributed by atoms with Gasteiger partial charge in [-0.1, -0.05) is 91.0 Å². The maximum absolute atomic E-state index is 14.2. The number of carbonyl (C=O) groups excluding carboxylic acids is 2. The lowest BCUT2D eigenvalue weighted by molar-refractivity contribution is -0.384. The molecule has 5 aromatic rings. The smallest absolute Gasteiger partial charge is 0.421 e. The summed E-state index contributed by atoms with van der Waals surface area (Å²) in [4.78, 5) is 44.8. The van der Waals surface area contributed by atoms with Crippen LogP contribution in [0.15, 0.2) is 122 Å². The van der Waals surface area contributed by atoms with Crippen molar-refractivity contribution in [2.24, 2.45) is 0 Å². The lowest BCUT2D eigenvalue weighted by Gasteiger charge is -2.37. The molecule has 2 unspecified atom stereocenters. The number of hydrogen-bond donors (Lipinski definition) is 0. The molecule has 4 aromatic carbocycles. The molecule has 2 atom stereocenters. The number of hydrogen-bond acceptors (Lipinski definition) is 6. The Morgan fingerprint density at radius 3 is 1.93 bits per heavy atom. The lowest BCUT2D eigenvalue weighted by Crippen LogP contribution is -2.41. The maximum Gasteiger partial charge on any atom is 0.421 e. The molecule has 2 amide bonds. The third kappa shape index (κ3) is 4.42. The Morgan fingerprint density at radius 2 is 1.43 bits per heavy atom. The highest BCUT2D eigenvalue weighted by Gasteiger charge is 2.69. The Labute approximate surface area is 266 Å². The van der Waals surface area contributed by atoms with Gasteiger partial charge in [0.1, 0.15) is 11.1 Å². The van der Waals surface area contributed by atoms with Crippen LogP contribution in [-0.2, 0) is 20.5 Å². The van der Waals surface area contributed by atoms with Gasteiger partial charge in [-0.25, -0.2) is 14.7 Å². The second kappa shape index (κ2) is 10.5. The second-order valence-electron chi connectivity index (χ2n) is 12.8. The van der Waals surface area contributed by atoms with Crippen LogP contribution in [0.2, 0.25) is 0 Å². The first-order chi connectivity index (χ1) is 22.1. The number of nitrogens with zero attached hydrogens (tertiary/aromatic N) is 4. The number of carbonyl (C=O) groups is 2. The molecule has 1 saturated carbocycles. The zero-order valence-electron chi connectivity index (χ0n) is 25.7. The number of nitro groups is 1. The van der Waals surface area contributed by atoms with Gasteiger partial charge in [-0.2, -0.15) is 0 Å². The van der Waals surface area contributed by atoms with Gasteiger partial charge in [0.15, 0.2) is 0 Å². The molecular formula is C37H32N4O5. The van der Waals surface area contributed by atoms with Crippen molar-refractivity contribution in [3.8, 4) is 0 Å². The molecule has 9 nitrogen and oxygen atoms in total. The van der Waals surface area contributed by atoms with Gasteiger partial charge in [0.05, 0.1) is 28.0 Å². The van der Waals surface area contributed by atoms with Crippen molar-refractivity contribution < 1.29 is 19.2 Å². The third-order valence-corrected chi connectivity index (χ3v) is 8.96. The summed E-state index contributed by atoms with van der Waals surface area (Å²) in [6, 6.07) is 34.7. The molecule has 1 fully saturated rings. The van der Waals surface area contributed by atoms with E-state index in [0.29, 0.717) is 23.4 Å². The van der Waals surface area contributed by atoms with Crippen molar-refractivity contribution in [3.05, 3.63) is 160 Å². The topological polar surface area (TPSA) is 108 Å². The number of imidazole rings is 1. The van der Waals surface area contributed by atoms with Gasteiger partial charge in [-0.3, -0.25) is 14.9 Å². The number of aromatic nitrogens is 2. The fourth-order valence-corrected chi connectivity index (χ4v) is 6.94. The number of anilines is 1. The largest absolute Gasteiger partial charge is 0.443 e. The van der Waals surface area contributed by atoms with Gasteiger partial charge in [0, 0.05) is 24.2 Å². The summed E-state index contributed by atoms with van der Waals surface area (Å²) in [5.74, 6) is -0.869. The number of nitro benzene ring substituents is 1. The minimum absolute atomic E-state index is 0.149. The summed E-state index contributed by atoms with van der Waals surface area (Å²) in [6.07, 6.45) is 3.29. The SMILES string of the molecule is CC(C)(C)OC(=O)N1C(=O)C2(CC2c2cn(C(c3ccccc3)(c3ccccc3)c3ccccc3)cn2)c2cc([N+](=O)[O-])ccc21. The van der Waals surface area contributed by atoms with Gasteiger partial charge >= 0.3 is 6.09 Å². The molecule has 0 N–H and O–H groups in total. The first kappa shape index (κ1) is 29.2. The van der Waals surface area contributed by atoms with Crippen molar-refractivity contribution in [1.82, 2.24) is 9.55 Å². The van der Waals surface area contributed by atoms with E-state index in [1.54, 1.807) is 27.1 Å². The number of amides is 2. The van der Waals surface area contributed by atoms with E-state index in [-0.39, 0.29) is 5.69 Å². The number of fused-ring (bicyclic) bond motifs is 2. The minimum atomic E-state index is -1.17. The van der Waals surface area contributed by atoms with Crippen molar-refractivity contribution in [2.75, 3.05) is 4.90 Å². The molecule has 7 rings (SSSR count). The normalized spacial score (nSPS) is 18.8. The third-order valence-electron chi connectivity index (χ3n) is 8.96. The molecule has 0 bridgehead atoms. The number of ether oxygens (including phenoxy) is 1. The maximum atomic E-state index is 14.2. The van der Waals surface area contributed by atoms with Gasteiger partial charge < -0.3 is 9.30 Å². The predicted octanol–water partition coefficient (Wildman–Crippen LogP) is 7.34. The van der Waals surface area contributed by atoms with E-state index in [2.05, 4.69) is 41.0 Å². The number of benzene rings is 4. The molecule has 9 heteroatoms. The average Bonchev–Trinajstić information content (AvgIpc) is 3.52. The zero-order chi connectivity index (χ0) is 32.3. The summed E-state index contributed by atoms with van der Waals surface area (Å²) < 4.78 is 7.67. The van der Waals surface area contributed by atoms with E-state index in [0.717, 1.165) is 21.6 Å². The minimum Gasteiger partial charge on any atom is -0.443 e. The van der Waals surface area contributed by atoms with Crippen LogP contribution in [0.5, 0.6) is 0 Å². The predicted molar refractivity (Wildman–Crippen MR) is 173 cm³/mol. The molecule has 0 radical (unpaired) electrons. The fraction of sp³-hybridized carbons (Fsp3) is 0.216. The molecule has 1 aromatic heterocycles. The number of non-ortho nitro benzene ring substituents is 1. The fourth-order valence-electron chi connectivity index (χ4n) is 6.94. The molecule has 2 aliphatic rings. The zero-order valence-corrected chi connectivity index (χ0v) is 25.7. The van der Waals surface area contributed by atoms with E-state index >= 15 is 0 Å². The number of imide groups is 1. The van der Waals surface area contributed by atoms with Crippen LogP contribution in [0.25, 0.3) is 0 Å². The van der Waals surface area contributed by atoms with E-state index in [1.165, 1.54) is 18.2 Å². The standard InChI is InChI=1S/C37H32N4O5/c1-35(2,3)46-34(43)40-32-20-19-28(41(44)45)21-29(32)36(33(40)42)22-30(36)31-23-39(24-38-31)37(25-13-7-4-8-14-25,26-15-9-5-10-16-26)27-17-11-6-12-18-27/h4-21,23-24,30H,22H2,1-3H3. The molecular weight excluding hydrogens is 580 g/mol. The Balaban J connectivity index is 1.37. The van der Waals surface area contributed by atoms with Crippen molar-refractivity contribution in [3.63, 3.8) is 0 Å². The van der Waals surface area contributed by atoms with E-state index in [1.807, 2.05) is 60.8 Å². The van der Waals surface area contributed by atoms with Crippen LogP contribution in [0.4, 0.5) is 16.2 Å². The molecule has 0 saturated heterocycles. The highest BCUT2D eigenvalue weighted by atomic mass is 16.6. The Hall–Kier alpha value is -5.57. The van der Waals surface area contributed by atoms with Crippen molar-refractivity contribution in [1.29, 1.82) is 0 Å². The Bertz CT molecular complexity index is 1870. The molecule has 46 heavy (non-hydrogen) atoms. The summed E-state index contributed by atoms with van der Waals surface area (Å²) in [7, 11) is 0. The van der Waals surface area contributed by atoms with Gasteiger partial charge in [-0.15, -0.1) is 0 Å². The van der Waals surface area contributed by atoms with Crippen LogP contribution in [0, 0.1) is 10.1 Å². The highest BCUT2D eigenvalue weighted by Crippen LogP contribution is 2.66. The van der Waals surface area contributed by atoms with Crippen molar-refractivity contribution in [2.45, 2.75) is 49.7 Å². The van der Waals surface area contributed by atoms with Gasteiger partial charge in [0.2, 0.25) is 5.91 Å². The molecule has 1 aliphatic heterocycles. The van der Waals surface area contributed by atoms with Crippen LogP contribution < -0.4 is 4.90 Å². The highest BCUT2D eigenvalue weighted by molar-refractivity contribution is 6.23. The first-order valence-corrected chi connectivity index (χ1v) is 15.1. The summed E-state index contributed by atoms with van der Waals surface area (Å²) in [6.45, 7) is 5.18. The molecule has 1 spiro atoms. The Morgan fingerprint density at radius 1 is 0.891 bits per heavy atom. The quantitative estimate of drug-likeness (QED) is 0.113. The number of rotatable bonds is 6. The van der Waals surface area contributed by atoms with E-state index in [4.69, 9.17) is 9.72 Å². The van der Waals surface area contributed by atoms with Crippen LogP contribution in [0.1, 0.15) is 61.1 Å². The molecule has 2 heterocycles. The summed E-state index contributed by atoms with van der Waals surface area (Å²) in [5, 5.41) is 11.8. The summed E-state index contributed by atoms with van der Waals surface area (Å²) >= 11 is 0. The van der Waals surface area contributed by atoms with Crippen LogP contribution >= 0.6 is 0 Å². The van der Waals surface area contributed by atoms with Gasteiger partial charge in [-0.05, 0) is 55.5 Å². The summed E-state index contributed by atoms with van der Waals surface area (Å²) in [5.41, 5.74) is 1.51. The van der Waals surface area contributed by atoms with Crippen LogP contribution in [-0.4, -0.2) is 32.1 Å². The van der Waals surface area contributed by atoms with Crippen LogP contribution in [0.3, 0.4) is 0 Å².